The van der Waals surface area contributed by atoms with Gasteiger partial charge in [0, 0.05) is 24.2 Å². The van der Waals surface area contributed by atoms with E-state index in [4.69, 9.17) is 4.52 Å². The predicted octanol–water partition coefficient (Wildman–Crippen LogP) is 4.28. The van der Waals surface area contributed by atoms with Crippen LogP contribution in [0.2, 0.25) is 0 Å². The van der Waals surface area contributed by atoms with E-state index in [2.05, 4.69) is 20.2 Å². The number of rotatable bonds is 4. The molecule has 5 aromatic rings. The molecule has 0 unspecified atom stereocenters. The van der Waals surface area contributed by atoms with Gasteiger partial charge in [-0.25, -0.2) is 4.98 Å². The second kappa shape index (κ2) is 7.66. The molecule has 8 nitrogen and oxygen atoms in total. The normalized spacial score (nSPS) is 12.0. The Hall–Kier alpha value is -3.80. The molecule has 0 N–H and O–H groups in total. The van der Waals surface area contributed by atoms with Crippen molar-refractivity contribution in [2.75, 3.05) is 0 Å². The first kappa shape index (κ1) is 21.1. The molecule has 0 aliphatic heterocycles. The molecule has 0 bridgehead atoms. The number of hydrogen-bond donors (Lipinski definition) is 0. The number of hydrogen-bond acceptors (Lipinski definition) is 7. The SMILES string of the molecule is Cc1ccc(-c2csc3ncn(Cc4nc(-c5cn(C)nc5C(F)(F)F)no4)c(=O)c23)cc1. The highest BCUT2D eigenvalue weighted by molar-refractivity contribution is 7.17. The molecule has 33 heavy (non-hydrogen) atoms. The molecule has 12 heteroatoms. The minimum atomic E-state index is -4.67. The van der Waals surface area contributed by atoms with E-state index in [1.807, 2.05) is 36.6 Å². The van der Waals surface area contributed by atoms with Crippen molar-refractivity contribution in [1.29, 1.82) is 0 Å². The summed E-state index contributed by atoms with van der Waals surface area (Å²) in [7, 11) is 1.37. The monoisotopic (exact) mass is 472 g/mol. The number of benzene rings is 1. The van der Waals surface area contributed by atoms with E-state index < -0.39 is 11.9 Å². The van der Waals surface area contributed by atoms with Gasteiger partial charge in [0.25, 0.3) is 5.56 Å². The zero-order valence-electron chi connectivity index (χ0n) is 17.3. The van der Waals surface area contributed by atoms with E-state index >= 15 is 0 Å². The molecular weight excluding hydrogens is 457 g/mol. The molecule has 168 valence electrons. The quantitative estimate of drug-likeness (QED) is 0.388. The van der Waals surface area contributed by atoms with Crippen LogP contribution >= 0.6 is 11.3 Å². The lowest BCUT2D eigenvalue weighted by molar-refractivity contribution is -0.141. The minimum absolute atomic E-state index is 0.0302. The van der Waals surface area contributed by atoms with Gasteiger partial charge in [0.05, 0.1) is 17.3 Å². The first-order chi connectivity index (χ1) is 15.7. The van der Waals surface area contributed by atoms with Gasteiger partial charge in [-0.05, 0) is 12.5 Å². The highest BCUT2D eigenvalue weighted by Crippen LogP contribution is 2.35. The van der Waals surface area contributed by atoms with Gasteiger partial charge in [0.15, 0.2) is 5.69 Å². The van der Waals surface area contributed by atoms with Gasteiger partial charge in [-0.15, -0.1) is 11.3 Å². The van der Waals surface area contributed by atoms with E-state index in [1.165, 1.54) is 29.3 Å². The van der Waals surface area contributed by atoms with Crippen molar-refractivity contribution in [1.82, 2.24) is 29.5 Å². The average Bonchev–Trinajstić information content (AvgIpc) is 3.48. The van der Waals surface area contributed by atoms with Crippen molar-refractivity contribution in [2.45, 2.75) is 19.6 Å². The maximum atomic E-state index is 13.3. The molecule has 0 fully saturated rings. The third kappa shape index (κ3) is 3.82. The lowest BCUT2D eigenvalue weighted by Crippen LogP contribution is -2.21. The standard InChI is InChI=1S/C21H15F3N6O2S/c1-11-3-5-12(6-4-11)14-9-33-19-16(14)20(31)30(10-25-19)8-15-26-18(28-32-15)13-7-29(2)27-17(13)21(22,23)24/h3-7,9-10H,8H2,1-2H3. The third-order valence-electron chi connectivity index (χ3n) is 5.04. The van der Waals surface area contributed by atoms with Crippen LogP contribution in [0.5, 0.6) is 0 Å². The summed E-state index contributed by atoms with van der Waals surface area (Å²) in [4.78, 5) is 22.2. The molecule has 0 aliphatic carbocycles. The fraction of sp³-hybridized carbons (Fsp3) is 0.190. The molecule has 0 spiro atoms. The number of alkyl halides is 3. The van der Waals surface area contributed by atoms with Gasteiger partial charge in [-0.2, -0.15) is 23.3 Å². The van der Waals surface area contributed by atoms with Gasteiger partial charge in [0.2, 0.25) is 11.7 Å². The molecule has 0 aliphatic rings. The third-order valence-corrected chi connectivity index (χ3v) is 5.92. The molecule has 0 saturated carbocycles. The van der Waals surface area contributed by atoms with Gasteiger partial charge in [-0.3, -0.25) is 14.0 Å². The lowest BCUT2D eigenvalue weighted by atomic mass is 10.1. The fourth-order valence-corrected chi connectivity index (χ4v) is 4.37. The van der Waals surface area contributed by atoms with E-state index in [0.29, 0.717) is 10.2 Å². The smallest absolute Gasteiger partial charge is 0.337 e. The maximum absolute atomic E-state index is 13.3. The first-order valence-corrected chi connectivity index (χ1v) is 10.6. The summed E-state index contributed by atoms with van der Waals surface area (Å²) in [6.45, 7) is 1.84. The highest BCUT2D eigenvalue weighted by Gasteiger charge is 2.38. The molecule has 0 atom stereocenters. The van der Waals surface area contributed by atoms with E-state index in [-0.39, 0.29) is 29.4 Å². The minimum Gasteiger partial charge on any atom is -0.337 e. The molecule has 4 aromatic heterocycles. The summed E-state index contributed by atoms with van der Waals surface area (Å²) in [5.74, 6) is -0.291. The van der Waals surface area contributed by atoms with E-state index in [9.17, 15) is 18.0 Å². The Morgan fingerprint density at radius 1 is 1.15 bits per heavy atom. The van der Waals surface area contributed by atoms with Crippen molar-refractivity contribution in [3.05, 3.63) is 69.7 Å². The Kier molecular flexibility index (Phi) is 4.89. The van der Waals surface area contributed by atoms with Gasteiger partial charge >= 0.3 is 6.18 Å². The second-order valence-corrected chi connectivity index (χ2v) is 8.31. The van der Waals surface area contributed by atoms with Crippen LogP contribution in [-0.4, -0.2) is 29.5 Å². The van der Waals surface area contributed by atoms with Gasteiger partial charge < -0.3 is 4.52 Å². The molecule has 5 rings (SSSR count). The summed E-state index contributed by atoms with van der Waals surface area (Å²) >= 11 is 1.36. The molecule has 1 aromatic carbocycles. The summed E-state index contributed by atoms with van der Waals surface area (Å²) in [5.41, 5.74) is 1.02. The summed E-state index contributed by atoms with van der Waals surface area (Å²) in [6, 6.07) is 7.79. The number of aryl methyl sites for hydroxylation is 2. The van der Waals surface area contributed by atoms with Crippen LogP contribution in [0.3, 0.4) is 0 Å². The van der Waals surface area contributed by atoms with Gasteiger partial charge in [-0.1, -0.05) is 35.0 Å². The Morgan fingerprint density at radius 3 is 2.64 bits per heavy atom. The molecule has 0 saturated heterocycles. The van der Waals surface area contributed by atoms with Crippen LogP contribution in [0, 0.1) is 6.92 Å². The Morgan fingerprint density at radius 2 is 1.91 bits per heavy atom. The number of thiophene rings is 1. The predicted molar refractivity (Wildman–Crippen MR) is 115 cm³/mol. The Labute approximate surface area is 187 Å². The van der Waals surface area contributed by atoms with Crippen LogP contribution in [0.1, 0.15) is 17.1 Å². The number of halogens is 3. The Bertz CT molecular complexity index is 1530. The maximum Gasteiger partial charge on any atom is 0.435 e. The van der Waals surface area contributed by atoms with Crippen molar-refractivity contribution >= 4 is 21.6 Å². The number of nitrogens with zero attached hydrogens (tertiary/aromatic N) is 6. The summed E-state index contributed by atoms with van der Waals surface area (Å²) in [5, 5.41) is 9.43. The molecule has 0 radical (unpaired) electrons. The van der Waals surface area contributed by atoms with Crippen molar-refractivity contribution in [3.8, 4) is 22.5 Å². The lowest BCUT2D eigenvalue weighted by Gasteiger charge is -2.04. The topological polar surface area (TPSA) is 91.6 Å². The largest absolute Gasteiger partial charge is 0.435 e. The van der Waals surface area contributed by atoms with Crippen molar-refractivity contribution in [2.24, 2.45) is 7.05 Å². The van der Waals surface area contributed by atoms with Crippen molar-refractivity contribution < 1.29 is 17.7 Å². The van der Waals surface area contributed by atoms with Crippen LogP contribution < -0.4 is 5.56 Å². The fourth-order valence-electron chi connectivity index (χ4n) is 3.46. The van der Waals surface area contributed by atoms with Crippen LogP contribution in [-0.2, 0) is 19.8 Å². The number of fused-ring (bicyclic) bond motifs is 1. The molecular formula is C21H15F3N6O2S. The summed E-state index contributed by atoms with van der Waals surface area (Å²) < 4.78 is 47.2. The van der Waals surface area contributed by atoms with E-state index in [0.717, 1.165) is 27.6 Å². The summed E-state index contributed by atoms with van der Waals surface area (Å²) in [6.07, 6.45) is -2.15. The number of aromatic nitrogens is 6. The van der Waals surface area contributed by atoms with E-state index in [1.54, 1.807) is 0 Å². The average molecular weight is 472 g/mol. The zero-order valence-corrected chi connectivity index (χ0v) is 18.1. The van der Waals surface area contributed by atoms with Crippen molar-refractivity contribution in [3.63, 3.8) is 0 Å². The van der Waals surface area contributed by atoms with Crippen LogP contribution in [0.25, 0.3) is 32.7 Å². The van der Waals surface area contributed by atoms with Crippen LogP contribution in [0.4, 0.5) is 13.2 Å². The van der Waals surface area contributed by atoms with Gasteiger partial charge in [0.1, 0.15) is 11.4 Å². The zero-order chi connectivity index (χ0) is 23.3. The highest BCUT2D eigenvalue weighted by atomic mass is 32.1. The molecule has 0 amide bonds. The Balaban J connectivity index is 1.51. The first-order valence-electron chi connectivity index (χ1n) is 9.68. The second-order valence-electron chi connectivity index (χ2n) is 7.45. The van der Waals surface area contributed by atoms with Crippen LogP contribution in [0.15, 0.2) is 51.5 Å². The molecule has 4 heterocycles.